The van der Waals surface area contributed by atoms with Gasteiger partial charge in [-0.05, 0) is 0 Å². The molecule has 1 amide bonds. The first kappa shape index (κ1) is 9.63. The summed E-state index contributed by atoms with van der Waals surface area (Å²) < 4.78 is -0.0862. The Hall–Kier alpha value is -0.370. The van der Waals surface area contributed by atoms with Crippen molar-refractivity contribution in [2.75, 3.05) is 6.54 Å². The summed E-state index contributed by atoms with van der Waals surface area (Å²) in [5.41, 5.74) is 0. The van der Waals surface area contributed by atoms with Crippen molar-refractivity contribution in [3.63, 3.8) is 0 Å². The molecule has 0 saturated heterocycles. The van der Waals surface area contributed by atoms with Crippen molar-refractivity contribution in [3.8, 4) is 6.07 Å². The summed E-state index contributed by atoms with van der Waals surface area (Å²) in [4.78, 5) is 20.3. The Bertz CT molecular complexity index is 175. The van der Waals surface area contributed by atoms with Crippen molar-refractivity contribution in [1.82, 2.24) is 5.32 Å². The summed E-state index contributed by atoms with van der Waals surface area (Å²) in [5, 5.41) is 10.6. The first-order chi connectivity index (χ1) is 4.72. The summed E-state index contributed by atoms with van der Waals surface area (Å²) >= 11 is 0.361. The van der Waals surface area contributed by atoms with Gasteiger partial charge in [-0.3, -0.25) is 0 Å². The maximum atomic E-state index is 10.6. The van der Waals surface area contributed by atoms with E-state index in [0.29, 0.717) is 34.3 Å². The van der Waals surface area contributed by atoms with Crippen LogP contribution in [0.15, 0.2) is 0 Å². The molecule has 0 aliphatic carbocycles. The van der Waals surface area contributed by atoms with Crippen LogP contribution in [0.3, 0.4) is 0 Å². The summed E-state index contributed by atoms with van der Waals surface area (Å²) in [6.45, 7) is 0.141. The SMILES string of the molecule is N#CC(CNC=O)[C](=O)[Na]. The van der Waals surface area contributed by atoms with Gasteiger partial charge in [-0.1, -0.05) is 0 Å². The van der Waals surface area contributed by atoms with Gasteiger partial charge < -0.3 is 0 Å². The van der Waals surface area contributed by atoms with E-state index < -0.39 is 5.92 Å². The third-order valence-corrected chi connectivity index (χ3v) is 1.75. The fourth-order valence-electron chi connectivity index (χ4n) is 0.446. The molecule has 0 aliphatic rings. The molecule has 48 valence electrons. The van der Waals surface area contributed by atoms with Crippen LogP contribution in [0.1, 0.15) is 0 Å². The Kier molecular flexibility index (Phi) is 5.22. The van der Waals surface area contributed by atoms with Gasteiger partial charge in [0, 0.05) is 0 Å². The molecule has 0 aromatic rings. The van der Waals surface area contributed by atoms with Crippen LogP contribution in [0.5, 0.6) is 0 Å². The van der Waals surface area contributed by atoms with E-state index >= 15 is 0 Å². The van der Waals surface area contributed by atoms with Gasteiger partial charge in [0.25, 0.3) is 0 Å². The molecule has 0 aromatic heterocycles. The Morgan fingerprint density at radius 1 is 1.90 bits per heavy atom. The molecule has 1 atom stereocenters. The number of nitrogens with zero attached hydrogens (tertiary/aromatic N) is 1. The van der Waals surface area contributed by atoms with Crippen molar-refractivity contribution in [3.05, 3.63) is 0 Å². The van der Waals surface area contributed by atoms with Crippen LogP contribution in [-0.4, -0.2) is 43.9 Å². The van der Waals surface area contributed by atoms with Crippen molar-refractivity contribution >= 4 is 37.4 Å². The fraction of sp³-hybridized carbons (Fsp3) is 0.400. The molecular formula is C5H5N2NaO2. The number of rotatable bonds is 4. The van der Waals surface area contributed by atoms with E-state index in [1.54, 1.807) is 6.07 Å². The molecule has 0 heterocycles. The third-order valence-electron chi connectivity index (χ3n) is 1.05. The van der Waals surface area contributed by atoms with Gasteiger partial charge in [0.15, 0.2) is 0 Å². The fourth-order valence-corrected chi connectivity index (χ4v) is 0.779. The molecule has 0 bridgehead atoms. The monoisotopic (exact) mass is 148 g/mol. The Labute approximate surface area is 76.0 Å². The molecule has 1 N–H and O–H groups in total. The second-order valence-electron chi connectivity index (χ2n) is 1.82. The summed E-state index contributed by atoms with van der Waals surface area (Å²) in [6, 6.07) is 1.80. The van der Waals surface area contributed by atoms with Crippen molar-refractivity contribution in [2.24, 2.45) is 5.92 Å². The Morgan fingerprint density at radius 2 is 2.50 bits per heavy atom. The van der Waals surface area contributed by atoms with Crippen molar-refractivity contribution in [1.29, 1.82) is 5.26 Å². The van der Waals surface area contributed by atoms with Crippen LogP contribution >= 0.6 is 0 Å². The Morgan fingerprint density at radius 3 is 2.80 bits per heavy atom. The normalized spacial score (nSPS) is 11.3. The number of hydrogen-bond acceptors (Lipinski definition) is 3. The molecule has 0 spiro atoms. The topological polar surface area (TPSA) is 70.0 Å². The zero-order valence-electron chi connectivity index (χ0n) is 5.63. The minimum absolute atomic E-state index is 0.0862. The molecular weight excluding hydrogens is 143 g/mol. The number of nitriles is 1. The third kappa shape index (κ3) is 3.62. The predicted octanol–water partition coefficient (Wildman–Crippen LogP) is -1.43. The van der Waals surface area contributed by atoms with E-state index in [1.165, 1.54) is 0 Å². The van der Waals surface area contributed by atoms with Crippen LogP contribution in [0, 0.1) is 17.2 Å². The quantitative estimate of drug-likeness (QED) is 0.392. The van der Waals surface area contributed by atoms with Gasteiger partial charge in [0.2, 0.25) is 0 Å². The number of carbonyl (C=O) groups excluding carboxylic acids is 2. The van der Waals surface area contributed by atoms with Crippen LogP contribution < -0.4 is 5.32 Å². The summed E-state index contributed by atoms with van der Waals surface area (Å²) in [5.74, 6) is -0.642. The van der Waals surface area contributed by atoms with Gasteiger partial charge in [0.1, 0.15) is 0 Å². The average molecular weight is 148 g/mol. The molecule has 1 unspecified atom stereocenters. The number of nitrogens with one attached hydrogen (secondary N) is 1. The maximum absolute atomic E-state index is 10.6. The van der Waals surface area contributed by atoms with Gasteiger partial charge in [-0.15, -0.1) is 0 Å². The van der Waals surface area contributed by atoms with Crippen LogP contribution in [0.2, 0.25) is 0 Å². The second kappa shape index (κ2) is 5.42. The van der Waals surface area contributed by atoms with Crippen LogP contribution in [0.25, 0.3) is 0 Å². The number of amides is 1. The first-order valence-corrected chi connectivity index (χ1v) is 3.79. The van der Waals surface area contributed by atoms with Crippen LogP contribution in [0.4, 0.5) is 0 Å². The molecule has 10 heavy (non-hydrogen) atoms. The number of carbonyl (C=O) groups is 2. The van der Waals surface area contributed by atoms with E-state index in [-0.39, 0.29) is 9.58 Å². The molecule has 0 fully saturated rings. The molecule has 0 saturated carbocycles. The average Bonchev–Trinajstić information content (AvgIpc) is 1.89. The number of hydrogen-bond donors (Lipinski definition) is 1. The van der Waals surface area contributed by atoms with E-state index in [1.807, 2.05) is 0 Å². The molecule has 4 nitrogen and oxygen atoms in total. The minimum atomic E-state index is -0.642. The molecule has 0 radical (unpaired) electrons. The van der Waals surface area contributed by atoms with E-state index in [4.69, 9.17) is 5.26 Å². The predicted molar refractivity (Wildman–Crippen MR) is 33.9 cm³/mol. The zero-order valence-corrected chi connectivity index (χ0v) is 7.63. The van der Waals surface area contributed by atoms with Gasteiger partial charge in [0.05, 0.1) is 0 Å². The molecule has 0 aromatic carbocycles. The van der Waals surface area contributed by atoms with E-state index in [0.717, 1.165) is 0 Å². The van der Waals surface area contributed by atoms with Crippen LogP contribution in [-0.2, 0) is 9.59 Å². The molecule has 0 rings (SSSR count). The summed E-state index contributed by atoms with van der Waals surface area (Å²) in [6.07, 6.45) is 0.481. The summed E-state index contributed by atoms with van der Waals surface area (Å²) in [7, 11) is 0. The zero-order chi connectivity index (χ0) is 7.98. The standard InChI is InChI=1S/C5H5N2O2.Na/c6-1-5(3-8)2-7-4-9;/h4-5H,2H2,(H,7,9);. The molecule has 0 aliphatic heterocycles. The molecule has 5 heteroatoms. The van der Waals surface area contributed by atoms with Gasteiger partial charge >= 0.3 is 76.1 Å². The van der Waals surface area contributed by atoms with Gasteiger partial charge in [-0.2, -0.15) is 0 Å². The van der Waals surface area contributed by atoms with E-state index in [2.05, 4.69) is 5.32 Å². The van der Waals surface area contributed by atoms with Crippen molar-refractivity contribution in [2.45, 2.75) is 0 Å². The first-order valence-electron chi connectivity index (χ1n) is 2.79. The Balaban J connectivity index is 3.75. The van der Waals surface area contributed by atoms with E-state index in [9.17, 15) is 9.59 Å². The second-order valence-corrected chi connectivity index (χ2v) is 2.80. The van der Waals surface area contributed by atoms with Crippen molar-refractivity contribution < 1.29 is 9.59 Å². The van der Waals surface area contributed by atoms with Gasteiger partial charge in [-0.25, -0.2) is 0 Å².